The number of nitrogens with zero attached hydrogens (tertiary/aromatic N) is 2. The SMILES string of the molecule is CCC(C)C(C)Nc1cnc(C(N)=S)cn1. The van der Waals surface area contributed by atoms with Gasteiger partial charge in [0.2, 0.25) is 0 Å². The van der Waals surface area contributed by atoms with Gasteiger partial charge < -0.3 is 11.1 Å². The second kappa shape index (κ2) is 5.75. The minimum Gasteiger partial charge on any atom is -0.388 e. The second-order valence-electron chi connectivity index (χ2n) is 3.97. The highest BCUT2D eigenvalue weighted by atomic mass is 32.1. The van der Waals surface area contributed by atoms with Crippen molar-refractivity contribution < 1.29 is 0 Å². The predicted molar refractivity (Wildman–Crippen MR) is 70.5 cm³/mol. The standard InChI is InChI=1S/C11H18N4S/c1-4-7(2)8(3)15-10-6-13-9(5-14-10)11(12)16/h5-8H,4H2,1-3H3,(H2,12,16)(H,14,15). The Morgan fingerprint density at radius 3 is 2.56 bits per heavy atom. The molecule has 0 fully saturated rings. The van der Waals surface area contributed by atoms with Crippen LogP contribution >= 0.6 is 12.2 Å². The van der Waals surface area contributed by atoms with E-state index in [0.717, 1.165) is 12.2 Å². The number of hydrogen-bond donors (Lipinski definition) is 2. The molecule has 5 heteroatoms. The lowest BCUT2D eigenvalue weighted by Gasteiger charge is -2.20. The van der Waals surface area contributed by atoms with Crippen molar-refractivity contribution in [1.29, 1.82) is 0 Å². The molecule has 1 heterocycles. The summed E-state index contributed by atoms with van der Waals surface area (Å²) < 4.78 is 0. The molecule has 0 spiro atoms. The summed E-state index contributed by atoms with van der Waals surface area (Å²) in [5.74, 6) is 1.35. The van der Waals surface area contributed by atoms with E-state index in [1.165, 1.54) is 0 Å². The van der Waals surface area contributed by atoms with Gasteiger partial charge in [-0.15, -0.1) is 0 Å². The van der Waals surface area contributed by atoms with Crippen molar-refractivity contribution in [2.45, 2.75) is 33.2 Å². The Labute approximate surface area is 102 Å². The fraction of sp³-hybridized carbons (Fsp3) is 0.545. The molecule has 88 valence electrons. The zero-order valence-electron chi connectivity index (χ0n) is 9.90. The number of aromatic nitrogens is 2. The molecule has 0 radical (unpaired) electrons. The van der Waals surface area contributed by atoms with Gasteiger partial charge in [0.1, 0.15) is 16.5 Å². The Morgan fingerprint density at radius 2 is 2.12 bits per heavy atom. The van der Waals surface area contributed by atoms with Gasteiger partial charge in [0, 0.05) is 6.04 Å². The summed E-state index contributed by atoms with van der Waals surface area (Å²) in [6.07, 6.45) is 4.38. The van der Waals surface area contributed by atoms with Crippen LogP contribution in [0.5, 0.6) is 0 Å². The molecule has 0 bridgehead atoms. The zero-order chi connectivity index (χ0) is 12.1. The van der Waals surface area contributed by atoms with E-state index in [1.807, 2.05) is 0 Å². The summed E-state index contributed by atoms with van der Waals surface area (Å²) in [5, 5.41) is 3.30. The van der Waals surface area contributed by atoms with Crippen LogP contribution in [-0.4, -0.2) is 21.0 Å². The van der Waals surface area contributed by atoms with Crippen LogP contribution in [0.25, 0.3) is 0 Å². The van der Waals surface area contributed by atoms with Crippen LogP contribution in [0.2, 0.25) is 0 Å². The van der Waals surface area contributed by atoms with Gasteiger partial charge in [0.25, 0.3) is 0 Å². The smallest absolute Gasteiger partial charge is 0.144 e. The van der Waals surface area contributed by atoms with Crippen LogP contribution in [-0.2, 0) is 0 Å². The largest absolute Gasteiger partial charge is 0.388 e. The van der Waals surface area contributed by atoms with Crippen LogP contribution in [0.15, 0.2) is 12.4 Å². The number of rotatable bonds is 5. The van der Waals surface area contributed by atoms with Gasteiger partial charge in [-0.05, 0) is 12.8 Å². The van der Waals surface area contributed by atoms with E-state index < -0.39 is 0 Å². The maximum Gasteiger partial charge on any atom is 0.144 e. The van der Waals surface area contributed by atoms with Crippen molar-refractivity contribution >= 4 is 23.0 Å². The summed E-state index contributed by atoms with van der Waals surface area (Å²) in [7, 11) is 0. The first-order valence-electron chi connectivity index (χ1n) is 5.43. The molecule has 16 heavy (non-hydrogen) atoms. The van der Waals surface area contributed by atoms with Crippen molar-refractivity contribution in [2.75, 3.05) is 5.32 Å². The fourth-order valence-electron chi connectivity index (χ4n) is 1.26. The number of nitrogens with one attached hydrogen (secondary N) is 1. The Morgan fingerprint density at radius 1 is 1.44 bits per heavy atom. The average Bonchev–Trinajstić information content (AvgIpc) is 2.28. The van der Waals surface area contributed by atoms with E-state index >= 15 is 0 Å². The van der Waals surface area contributed by atoms with Crippen molar-refractivity contribution in [1.82, 2.24) is 9.97 Å². The maximum atomic E-state index is 5.44. The number of anilines is 1. The molecule has 1 aromatic rings. The number of hydrogen-bond acceptors (Lipinski definition) is 4. The van der Waals surface area contributed by atoms with Crippen LogP contribution < -0.4 is 11.1 Å². The van der Waals surface area contributed by atoms with Gasteiger partial charge in [-0.25, -0.2) is 9.97 Å². The molecular formula is C11H18N4S. The third-order valence-electron chi connectivity index (χ3n) is 2.78. The lowest BCUT2D eigenvalue weighted by molar-refractivity contribution is 0.493. The second-order valence-corrected chi connectivity index (χ2v) is 4.41. The molecule has 0 aliphatic rings. The van der Waals surface area contributed by atoms with Crippen molar-refractivity contribution in [2.24, 2.45) is 11.7 Å². The minimum absolute atomic E-state index is 0.272. The quantitative estimate of drug-likeness (QED) is 0.768. The summed E-state index contributed by atoms with van der Waals surface area (Å²) in [4.78, 5) is 8.61. The Hall–Kier alpha value is -1.23. The van der Waals surface area contributed by atoms with E-state index in [9.17, 15) is 0 Å². The number of nitrogens with two attached hydrogens (primary N) is 1. The third kappa shape index (κ3) is 3.41. The lowest BCUT2D eigenvalue weighted by Crippen LogP contribution is -2.24. The normalized spacial score (nSPS) is 14.2. The molecule has 0 saturated carbocycles. The van der Waals surface area contributed by atoms with E-state index in [0.29, 0.717) is 17.7 Å². The van der Waals surface area contributed by atoms with Gasteiger partial charge in [-0.2, -0.15) is 0 Å². The van der Waals surface area contributed by atoms with Crippen molar-refractivity contribution in [3.05, 3.63) is 18.1 Å². The van der Waals surface area contributed by atoms with E-state index in [-0.39, 0.29) is 4.99 Å². The van der Waals surface area contributed by atoms with Gasteiger partial charge in [0.05, 0.1) is 12.4 Å². The maximum absolute atomic E-state index is 5.44. The van der Waals surface area contributed by atoms with Gasteiger partial charge >= 0.3 is 0 Å². The summed E-state index contributed by atoms with van der Waals surface area (Å²) in [6.45, 7) is 6.51. The van der Waals surface area contributed by atoms with E-state index in [1.54, 1.807) is 12.4 Å². The van der Waals surface area contributed by atoms with Gasteiger partial charge in [0.15, 0.2) is 0 Å². The van der Waals surface area contributed by atoms with Crippen LogP contribution in [0.1, 0.15) is 32.9 Å². The molecule has 4 nitrogen and oxygen atoms in total. The fourth-order valence-corrected chi connectivity index (χ4v) is 1.36. The molecular weight excluding hydrogens is 220 g/mol. The highest BCUT2D eigenvalue weighted by Crippen LogP contribution is 2.12. The Bertz CT molecular complexity index is 350. The average molecular weight is 238 g/mol. The molecule has 0 amide bonds. The van der Waals surface area contributed by atoms with Gasteiger partial charge in [-0.1, -0.05) is 32.5 Å². The molecule has 1 rings (SSSR count). The zero-order valence-corrected chi connectivity index (χ0v) is 10.7. The van der Waals surface area contributed by atoms with E-state index in [4.69, 9.17) is 18.0 Å². The Kier molecular flexibility index (Phi) is 4.61. The molecule has 1 aromatic heterocycles. The first-order valence-corrected chi connectivity index (χ1v) is 5.83. The molecule has 0 aliphatic heterocycles. The molecule has 3 N–H and O–H groups in total. The molecule has 0 aliphatic carbocycles. The van der Waals surface area contributed by atoms with Crippen LogP contribution in [0.3, 0.4) is 0 Å². The summed E-state index contributed by atoms with van der Waals surface area (Å²) in [6, 6.07) is 0.370. The van der Waals surface area contributed by atoms with Crippen LogP contribution in [0, 0.1) is 5.92 Å². The number of thiocarbonyl (C=S) groups is 1. The molecule has 2 unspecified atom stereocenters. The van der Waals surface area contributed by atoms with Crippen LogP contribution in [0.4, 0.5) is 5.82 Å². The minimum atomic E-state index is 0.272. The summed E-state index contributed by atoms with van der Waals surface area (Å²) >= 11 is 4.81. The third-order valence-corrected chi connectivity index (χ3v) is 2.99. The first-order chi connectivity index (χ1) is 7.54. The highest BCUT2D eigenvalue weighted by Gasteiger charge is 2.10. The predicted octanol–water partition coefficient (Wildman–Crippen LogP) is 1.96. The molecule has 2 atom stereocenters. The van der Waals surface area contributed by atoms with Crippen molar-refractivity contribution in [3.8, 4) is 0 Å². The Balaban J connectivity index is 2.65. The molecule has 0 saturated heterocycles. The first kappa shape index (κ1) is 12.8. The van der Waals surface area contributed by atoms with Crippen molar-refractivity contribution in [3.63, 3.8) is 0 Å². The van der Waals surface area contributed by atoms with Gasteiger partial charge in [-0.3, -0.25) is 0 Å². The lowest BCUT2D eigenvalue weighted by atomic mass is 10.0. The monoisotopic (exact) mass is 238 g/mol. The highest BCUT2D eigenvalue weighted by molar-refractivity contribution is 7.80. The molecule has 0 aromatic carbocycles. The topological polar surface area (TPSA) is 63.8 Å². The summed E-state index contributed by atoms with van der Waals surface area (Å²) in [5.41, 5.74) is 6.00. The van der Waals surface area contributed by atoms with E-state index in [2.05, 4.69) is 36.1 Å².